The van der Waals surface area contributed by atoms with Gasteiger partial charge in [-0.1, -0.05) is 54.1 Å². The highest BCUT2D eigenvalue weighted by Crippen LogP contribution is 2.20. The molecule has 0 heterocycles. The van der Waals surface area contributed by atoms with Gasteiger partial charge in [0.2, 0.25) is 5.91 Å². The van der Waals surface area contributed by atoms with Crippen molar-refractivity contribution in [2.75, 3.05) is 7.05 Å². The van der Waals surface area contributed by atoms with Crippen molar-refractivity contribution in [3.8, 4) is 0 Å². The number of nitrogens with two attached hydrogens (primary N) is 1. The van der Waals surface area contributed by atoms with Gasteiger partial charge < -0.3 is 10.6 Å². The van der Waals surface area contributed by atoms with Gasteiger partial charge >= 0.3 is 0 Å². The van der Waals surface area contributed by atoms with Crippen molar-refractivity contribution in [3.05, 3.63) is 82.9 Å². The molecule has 2 amide bonds. The van der Waals surface area contributed by atoms with Gasteiger partial charge in [-0.3, -0.25) is 9.59 Å². The number of halogens is 1. The molecule has 3 rings (SSSR count). The highest BCUT2D eigenvalue weighted by molar-refractivity contribution is 6.30. The molecule has 1 unspecified atom stereocenters. The van der Waals surface area contributed by atoms with Crippen molar-refractivity contribution in [2.45, 2.75) is 18.9 Å². The number of likely N-dealkylation sites (N-methyl/N-ethyl adjacent to an activating group) is 1. The van der Waals surface area contributed by atoms with Crippen molar-refractivity contribution >= 4 is 34.2 Å². The Balaban J connectivity index is 1.84. The number of carbonyl (C=O) groups excluding carboxylic acids is 2. The minimum absolute atomic E-state index is 0.0957. The van der Waals surface area contributed by atoms with E-state index >= 15 is 0 Å². The summed E-state index contributed by atoms with van der Waals surface area (Å²) in [6.45, 7) is 0. The van der Waals surface area contributed by atoms with Crippen molar-refractivity contribution in [3.63, 3.8) is 0 Å². The fourth-order valence-electron chi connectivity index (χ4n) is 3.16. The van der Waals surface area contributed by atoms with Crippen LogP contribution >= 0.6 is 11.6 Å². The molecule has 0 spiro atoms. The van der Waals surface area contributed by atoms with E-state index in [2.05, 4.69) is 0 Å². The van der Waals surface area contributed by atoms with Crippen LogP contribution in [0.3, 0.4) is 0 Å². The smallest absolute Gasteiger partial charge is 0.253 e. The first kappa shape index (κ1) is 18.9. The van der Waals surface area contributed by atoms with Crippen molar-refractivity contribution < 1.29 is 9.59 Å². The summed E-state index contributed by atoms with van der Waals surface area (Å²) in [5.74, 6) is -0.576. The number of hydrogen-bond acceptors (Lipinski definition) is 2. The summed E-state index contributed by atoms with van der Waals surface area (Å²) in [6.07, 6.45) is 0.619. The van der Waals surface area contributed by atoms with Crippen LogP contribution in [0.15, 0.2) is 66.7 Å². The molecule has 0 saturated heterocycles. The second-order valence-corrected chi connectivity index (χ2v) is 7.07. The topological polar surface area (TPSA) is 63.4 Å². The van der Waals surface area contributed by atoms with Gasteiger partial charge in [-0.05, 0) is 47.0 Å². The molecule has 2 N–H and O–H groups in total. The van der Waals surface area contributed by atoms with E-state index in [9.17, 15) is 9.59 Å². The molecule has 1 atom stereocenters. The van der Waals surface area contributed by atoms with E-state index in [-0.39, 0.29) is 18.4 Å². The number of carbonyl (C=O) groups is 2. The molecule has 5 heteroatoms. The normalized spacial score (nSPS) is 11.9. The van der Waals surface area contributed by atoms with E-state index < -0.39 is 5.91 Å². The molecule has 0 bridgehead atoms. The molecule has 0 aliphatic heterocycles. The van der Waals surface area contributed by atoms with Gasteiger partial charge in [0.1, 0.15) is 0 Å². The summed E-state index contributed by atoms with van der Waals surface area (Å²) in [4.78, 5) is 26.2. The number of nitrogens with zero attached hydrogens (tertiary/aromatic N) is 1. The van der Waals surface area contributed by atoms with E-state index in [4.69, 9.17) is 17.3 Å². The number of amides is 2. The number of rotatable bonds is 6. The number of hydrogen-bond donors (Lipinski definition) is 1. The Morgan fingerprint density at radius 2 is 1.67 bits per heavy atom. The molecule has 0 saturated carbocycles. The van der Waals surface area contributed by atoms with E-state index in [0.717, 1.165) is 16.3 Å². The van der Waals surface area contributed by atoms with Crippen LogP contribution < -0.4 is 5.73 Å². The van der Waals surface area contributed by atoms with E-state index in [1.165, 1.54) is 0 Å². The van der Waals surface area contributed by atoms with Crippen LogP contribution in [-0.2, 0) is 11.2 Å². The minimum Gasteiger partial charge on any atom is -0.370 e. The molecular weight excluding hydrogens is 360 g/mol. The minimum atomic E-state index is -0.438. The molecule has 138 valence electrons. The summed E-state index contributed by atoms with van der Waals surface area (Å²) in [7, 11) is 1.71. The Kier molecular flexibility index (Phi) is 5.77. The first-order chi connectivity index (χ1) is 12.9. The molecule has 3 aromatic carbocycles. The van der Waals surface area contributed by atoms with Crippen LogP contribution in [0.25, 0.3) is 10.8 Å². The van der Waals surface area contributed by atoms with Crippen LogP contribution in [0.2, 0.25) is 5.02 Å². The highest BCUT2D eigenvalue weighted by Gasteiger charge is 2.23. The molecule has 27 heavy (non-hydrogen) atoms. The first-order valence-electron chi connectivity index (χ1n) is 8.73. The van der Waals surface area contributed by atoms with Gasteiger partial charge in [0.05, 0.1) is 0 Å². The van der Waals surface area contributed by atoms with Crippen molar-refractivity contribution in [1.29, 1.82) is 0 Å². The van der Waals surface area contributed by atoms with Crippen LogP contribution in [0, 0.1) is 0 Å². The predicted octanol–water partition coefficient (Wildman–Crippen LogP) is 4.05. The maximum absolute atomic E-state index is 13.0. The molecule has 0 fully saturated rings. The van der Waals surface area contributed by atoms with Gasteiger partial charge in [-0.25, -0.2) is 0 Å². The van der Waals surface area contributed by atoms with E-state index in [0.29, 0.717) is 17.0 Å². The van der Waals surface area contributed by atoms with Gasteiger partial charge in [0.15, 0.2) is 0 Å². The summed E-state index contributed by atoms with van der Waals surface area (Å²) in [5.41, 5.74) is 7.00. The van der Waals surface area contributed by atoms with Crippen LogP contribution in [0.4, 0.5) is 0 Å². The van der Waals surface area contributed by atoms with Crippen LogP contribution in [0.5, 0.6) is 0 Å². The second kappa shape index (κ2) is 8.23. The van der Waals surface area contributed by atoms with Gasteiger partial charge in [-0.2, -0.15) is 0 Å². The summed E-state index contributed by atoms with van der Waals surface area (Å²) in [5, 5.41) is 2.72. The second-order valence-electron chi connectivity index (χ2n) is 6.63. The highest BCUT2D eigenvalue weighted by atomic mass is 35.5. The average molecular weight is 381 g/mol. The zero-order chi connectivity index (χ0) is 19.4. The Bertz CT molecular complexity index is 969. The summed E-state index contributed by atoms with van der Waals surface area (Å²) in [6, 6.07) is 20.5. The monoisotopic (exact) mass is 380 g/mol. The molecule has 4 nitrogen and oxygen atoms in total. The quantitative estimate of drug-likeness (QED) is 0.701. The van der Waals surface area contributed by atoms with Gasteiger partial charge in [0.25, 0.3) is 5.91 Å². The first-order valence-corrected chi connectivity index (χ1v) is 9.10. The third-order valence-electron chi connectivity index (χ3n) is 4.69. The fourth-order valence-corrected chi connectivity index (χ4v) is 3.29. The molecule has 0 radical (unpaired) electrons. The SMILES string of the molecule is CN(C(=O)c1ccc2ccccc2c1)C(CC(N)=O)Cc1ccc(Cl)cc1. The van der Waals surface area contributed by atoms with E-state index in [1.807, 2.05) is 54.6 Å². The third-order valence-corrected chi connectivity index (χ3v) is 4.94. The van der Waals surface area contributed by atoms with Crippen molar-refractivity contribution in [2.24, 2.45) is 5.73 Å². The predicted molar refractivity (Wildman–Crippen MR) is 109 cm³/mol. The summed E-state index contributed by atoms with van der Waals surface area (Å²) >= 11 is 5.93. The maximum atomic E-state index is 13.0. The third kappa shape index (κ3) is 4.66. The number of benzene rings is 3. The lowest BCUT2D eigenvalue weighted by Crippen LogP contribution is -2.41. The molecule has 0 aliphatic carbocycles. The molecule has 3 aromatic rings. The largest absolute Gasteiger partial charge is 0.370 e. The Morgan fingerprint density at radius 1 is 1.00 bits per heavy atom. The zero-order valence-corrected chi connectivity index (χ0v) is 15.8. The van der Waals surface area contributed by atoms with Crippen LogP contribution in [0.1, 0.15) is 22.3 Å². The zero-order valence-electron chi connectivity index (χ0n) is 15.1. The summed E-state index contributed by atoms with van der Waals surface area (Å²) < 4.78 is 0. The maximum Gasteiger partial charge on any atom is 0.253 e. The molecule has 0 aromatic heterocycles. The molecule has 0 aliphatic rings. The van der Waals surface area contributed by atoms with E-state index in [1.54, 1.807) is 24.1 Å². The number of fused-ring (bicyclic) bond motifs is 1. The molecular formula is C22H21ClN2O2. The van der Waals surface area contributed by atoms with Gasteiger partial charge in [0, 0.05) is 30.1 Å². The Labute approximate surface area is 163 Å². The Morgan fingerprint density at radius 3 is 2.33 bits per heavy atom. The number of primary amides is 1. The lowest BCUT2D eigenvalue weighted by molar-refractivity contribution is -0.118. The Hall–Kier alpha value is -2.85. The lowest BCUT2D eigenvalue weighted by Gasteiger charge is -2.28. The standard InChI is InChI=1S/C22H21ClN2O2/c1-25(20(14-21(24)26)12-15-6-10-19(23)11-7-15)22(27)18-9-8-16-4-2-3-5-17(16)13-18/h2-11,13,20H,12,14H2,1H3,(H2,24,26). The lowest BCUT2D eigenvalue weighted by atomic mass is 10.00. The fraction of sp³-hybridized carbons (Fsp3) is 0.182. The van der Waals surface area contributed by atoms with Gasteiger partial charge in [-0.15, -0.1) is 0 Å². The average Bonchev–Trinajstić information content (AvgIpc) is 2.67. The van der Waals surface area contributed by atoms with Crippen molar-refractivity contribution in [1.82, 2.24) is 4.90 Å². The van der Waals surface area contributed by atoms with Crippen LogP contribution in [-0.4, -0.2) is 29.8 Å².